The molecule has 21 heavy (non-hydrogen) atoms. The van der Waals surface area contributed by atoms with Gasteiger partial charge in [0.15, 0.2) is 0 Å². The minimum atomic E-state index is -5.69. The summed E-state index contributed by atoms with van der Waals surface area (Å²) in [7, 11) is 0. The molecule has 0 fully saturated rings. The fraction of sp³-hybridized carbons (Fsp3) is 0.818. The fourth-order valence-corrected chi connectivity index (χ4v) is 1.55. The van der Waals surface area contributed by atoms with E-state index in [0.29, 0.717) is 19.3 Å². The van der Waals surface area contributed by atoms with Gasteiger partial charge in [-0.05, 0) is 12.8 Å². The molecule has 0 spiro atoms. The van der Waals surface area contributed by atoms with Crippen LogP contribution in [0.2, 0.25) is 0 Å². The molecule has 0 aliphatic rings. The van der Waals surface area contributed by atoms with E-state index >= 15 is 0 Å². The Morgan fingerprint density at radius 3 is 1.81 bits per heavy atom. The molecule has 0 aromatic heterocycles. The summed E-state index contributed by atoms with van der Waals surface area (Å²) in [5.41, 5.74) is 0. The third kappa shape index (κ3) is 8.41. The van der Waals surface area contributed by atoms with Gasteiger partial charge >= 0.3 is 18.3 Å². The van der Waals surface area contributed by atoms with Gasteiger partial charge in [0.2, 0.25) is 11.8 Å². The lowest BCUT2D eigenvalue weighted by atomic mass is 10.1. The highest BCUT2D eigenvalue weighted by atomic mass is 19.4. The maximum absolute atomic E-state index is 12.2. The summed E-state index contributed by atoms with van der Waals surface area (Å²) < 4.78 is 73.1. The van der Waals surface area contributed by atoms with Crippen molar-refractivity contribution in [2.75, 3.05) is 6.54 Å². The quantitative estimate of drug-likeness (QED) is 0.533. The van der Waals surface area contributed by atoms with Gasteiger partial charge in [0.05, 0.1) is 0 Å². The van der Waals surface area contributed by atoms with Crippen LogP contribution in [0, 0.1) is 5.92 Å². The fourth-order valence-electron chi connectivity index (χ4n) is 1.55. The summed E-state index contributed by atoms with van der Waals surface area (Å²) >= 11 is 0. The van der Waals surface area contributed by atoms with E-state index in [2.05, 4.69) is 0 Å². The van der Waals surface area contributed by atoms with Crippen molar-refractivity contribution < 1.29 is 41.0 Å². The van der Waals surface area contributed by atoms with Gasteiger partial charge in [0.1, 0.15) is 0 Å². The maximum Gasteiger partial charge on any atom is 0.409 e. The number of carbonyl (C=O) groups excluding carboxylic acids is 1. The van der Waals surface area contributed by atoms with Gasteiger partial charge in [-0.2, -0.15) is 26.3 Å². The van der Waals surface area contributed by atoms with Crippen LogP contribution in [0.3, 0.4) is 0 Å². The first-order chi connectivity index (χ1) is 9.46. The Balaban J connectivity index is 4.09. The zero-order chi connectivity index (χ0) is 16.7. The van der Waals surface area contributed by atoms with Crippen LogP contribution in [-0.4, -0.2) is 35.9 Å². The smallest absolute Gasteiger partial charge is 0.409 e. The van der Waals surface area contributed by atoms with Crippen molar-refractivity contribution in [3.63, 3.8) is 0 Å². The molecule has 124 valence electrons. The molecule has 2 N–H and O–H groups in total. The normalized spacial score (nSPS) is 12.5. The summed E-state index contributed by atoms with van der Waals surface area (Å²) in [6, 6.07) is 0. The topological polar surface area (TPSA) is 66.4 Å². The standard InChI is InChI=1S/C11H15F6NO3/c12-10(13,14)8(11(15,16)17)9(21)18-6-4-2-1-3-5-7(19)20/h8H,1-6H2,(H,18,21)(H,19,20). The highest BCUT2D eigenvalue weighted by molar-refractivity contribution is 5.80. The molecule has 0 aliphatic carbocycles. The number of halogens is 6. The second-order valence-corrected chi connectivity index (χ2v) is 4.37. The second-order valence-electron chi connectivity index (χ2n) is 4.37. The molecule has 0 saturated heterocycles. The van der Waals surface area contributed by atoms with Gasteiger partial charge in [0, 0.05) is 13.0 Å². The average molecular weight is 323 g/mol. The van der Waals surface area contributed by atoms with E-state index < -0.39 is 30.1 Å². The Bertz CT molecular complexity index is 339. The van der Waals surface area contributed by atoms with Crippen molar-refractivity contribution in [1.82, 2.24) is 5.32 Å². The SMILES string of the molecule is O=C(O)CCCCCCNC(=O)C(C(F)(F)F)C(F)(F)F. The van der Waals surface area contributed by atoms with Crippen molar-refractivity contribution in [3.8, 4) is 0 Å². The van der Waals surface area contributed by atoms with Crippen molar-refractivity contribution in [3.05, 3.63) is 0 Å². The zero-order valence-electron chi connectivity index (χ0n) is 10.9. The molecule has 0 heterocycles. The Morgan fingerprint density at radius 2 is 1.38 bits per heavy atom. The first-order valence-electron chi connectivity index (χ1n) is 6.09. The van der Waals surface area contributed by atoms with Crippen LogP contribution in [0.15, 0.2) is 0 Å². The number of carboxylic acids is 1. The monoisotopic (exact) mass is 323 g/mol. The lowest BCUT2D eigenvalue weighted by Crippen LogP contribution is -2.48. The largest absolute Gasteiger partial charge is 0.481 e. The molecule has 0 atom stereocenters. The van der Waals surface area contributed by atoms with E-state index in [9.17, 15) is 35.9 Å². The second kappa shape index (κ2) is 8.08. The predicted octanol–water partition coefficient (Wildman–Crippen LogP) is 2.88. The van der Waals surface area contributed by atoms with E-state index in [1.807, 2.05) is 0 Å². The summed E-state index contributed by atoms with van der Waals surface area (Å²) in [6.07, 6.45) is -10.0. The molecule has 0 radical (unpaired) electrons. The molecule has 0 aromatic carbocycles. The molecule has 0 aliphatic heterocycles. The van der Waals surface area contributed by atoms with Gasteiger partial charge in [-0.3, -0.25) is 9.59 Å². The number of rotatable bonds is 8. The molecular formula is C11H15F6NO3. The van der Waals surface area contributed by atoms with Crippen LogP contribution in [0.5, 0.6) is 0 Å². The number of carbonyl (C=O) groups is 2. The summed E-state index contributed by atoms with van der Waals surface area (Å²) in [6.45, 7) is -0.325. The average Bonchev–Trinajstić information content (AvgIpc) is 2.22. The number of unbranched alkanes of at least 4 members (excludes halogenated alkanes) is 3. The first-order valence-corrected chi connectivity index (χ1v) is 6.09. The number of hydrogen-bond acceptors (Lipinski definition) is 2. The molecule has 0 bridgehead atoms. The lowest BCUT2D eigenvalue weighted by molar-refractivity contribution is -0.274. The Kier molecular flexibility index (Phi) is 7.51. The van der Waals surface area contributed by atoms with Crippen molar-refractivity contribution in [2.24, 2.45) is 5.92 Å². The summed E-state index contributed by atoms with van der Waals surface area (Å²) in [5.74, 6) is -7.14. The van der Waals surface area contributed by atoms with Crippen LogP contribution in [-0.2, 0) is 9.59 Å². The number of nitrogens with one attached hydrogen (secondary N) is 1. The van der Waals surface area contributed by atoms with Crippen molar-refractivity contribution >= 4 is 11.9 Å². The first kappa shape index (κ1) is 19.5. The van der Waals surface area contributed by atoms with Crippen LogP contribution in [0.4, 0.5) is 26.3 Å². The van der Waals surface area contributed by atoms with Gasteiger partial charge in [-0.1, -0.05) is 12.8 Å². The molecule has 10 heteroatoms. The Hall–Kier alpha value is -1.48. The van der Waals surface area contributed by atoms with E-state index in [0.717, 1.165) is 0 Å². The minimum Gasteiger partial charge on any atom is -0.481 e. The molecule has 1 amide bonds. The van der Waals surface area contributed by atoms with Gasteiger partial charge in [-0.25, -0.2) is 0 Å². The highest BCUT2D eigenvalue weighted by Crippen LogP contribution is 2.39. The number of alkyl halides is 6. The Labute approximate surface area is 116 Å². The molecule has 0 saturated carbocycles. The van der Waals surface area contributed by atoms with Gasteiger partial charge < -0.3 is 10.4 Å². The molecule has 0 rings (SSSR count). The highest BCUT2D eigenvalue weighted by Gasteiger charge is 2.60. The maximum atomic E-state index is 12.2. The predicted molar refractivity (Wildman–Crippen MR) is 59.3 cm³/mol. The Morgan fingerprint density at radius 1 is 0.905 bits per heavy atom. The van der Waals surface area contributed by atoms with E-state index in [1.54, 1.807) is 5.32 Å². The number of hydrogen-bond donors (Lipinski definition) is 2. The molecule has 4 nitrogen and oxygen atoms in total. The zero-order valence-corrected chi connectivity index (χ0v) is 10.9. The van der Waals surface area contributed by atoms with E-state index in [1.165, 1.54) is 0 Å². The number of aliphatic carboxylic acids is 1. The van der Waals surface area contributed by atoms with Crippen LogP contribution in [0.25, 0.3) is 0 Å². The molecule has 0 aromatic rings. The van der Waals surface area contributed by atoms with Crippen LogP contribution in [0.1, 0.15) is 32.1 Å². The third-order valence-electron chi connectivity index (χ3n) is 2.53. The molecule has 0 unspecified atom stereocenters. The van der Waals surface area contributed by atoms with Crippen LogP contribution < -0.4 is 5.32 Å². The third-order valence-corrected chi connectivity index (χ3v) is 2.53. The van der Waals surface area contributed by atoms with Gasteiger partial charge in [-0.15, -0.1) is 0 Å². The van der Waals surface area contributed by atoms with Gasteiger partial charge in [0.25, 0.3) is 0 Å². The van der Waals surface area contributed by atoms with E-state index in [-0.39, 0.29) is 19.4 Å². The number of amides is 1. The lowest BCUT2D eigenvalue weighted by Gasteiger charge is -2.22. The summed E-state index contributed by atoms with van der Waals surface area (Å²) in [4.78, 5) is 21.2. The minimum absolute atomic E-state index is 0.0589. The van der Waals surface area contributed by atoms with E-state index in [4.69, 9.17) is 5.11 Å². The number of carboxylic acid groups (broad SMARTS) is 1. The molecular weight excluding hydrogens is 308 g/mol. The van der Waals surface area contributed by atoms with Crippen molar-refractivity contribution in [2.45, 2.75) is 44.5 Å². The van der Waals surface area contributed by atoms with Crippen molar-refractivity contribution in [1.29, 1.82) is 0 Å². The summed E-state index contributed by atoms with van der Waals surface area (Å²) in [5, 5.41) is 9.93. The van der Waals surface area contributed by atoms with Crippen LogP contribution >= 0.6 is 0 Å².